The number of hydrogen-bond donors (Lipinski definition) is 1. The van der Waals surface area contributed by atoms with Crippen LogP contribution in [-0.4, -0.2) is 29.3 Å². The summed E-state index contributed by atoms with van der Waals surface area (Å²) in [5.41, 5.74) is 2.95. The van der Waals surface area contributed by atoms with E-state index in [0.29, 0.717) is 37.8 Å². The fourth-order valence-electron chi connectivity index (χ4n) is 2.70. The lowest BCUT2D eigenvalue weighted by atomic mass is 10.1. The molecule has 6 nitrogen and oxygen atoms in total. The summed E-state index contributed by atoms with van der Waals surface area (Å²) in [6.07, 6.45) is 0.818. The zero-order chi connectivity index (χ0) is 19.1. The lowest BCUT2D eigenvalue weighted by molar-refractivity contribution is -0.120. The molecule has 3 aromatic rings. The third-order valence-corrected chi connectivity index (χ3v) is 4.10. The summed E-state index contributed by atoms with van der Waals surface area (Å²) < 4.78 is 11.1. The van der Waals surface area contributed by atoms with E-state index in [2.05, 4.69) is 15.5 Å². The molecule has 1 amide bonds. The monoisotopic (exact) mass is 365 g/mol. The van der Waals surface area contributed by atoms with Crippen molar-refractivity contribution >= 4 is 5.91 Å². The fraction of sp³-hybridized carbons (Fsp3) is 0.286. The van der Waals surface area contributed by atoms with Crippen LogP contribution in [0, 0.1) is 6.92 Å². The Hall–Kier alpha value is -3.15. The predicted molar refractivity (Wildman–Crippen MR) is 102 cm³/mol. The van der Waals surface area contributed by atoms with E-state index in [0.717, 1.165) is 22.4 Å². The topological polar surface area (TPSA) is 77.2 Å². The SMILES string of the molecule is CCOc1ccc(CC(=O)NCCc2nnc(-c3ccccc3C)o2)cc1. The maximum Gasteiger partial charge on any atom is 0.247 e. The van der Waals surface area contributed by atoms with Gasteiger partial charge in [0.15, 0.2) is 0 Å². The predicted octanol–water partition coefficient (Wildman–Crippen LogP) is 3.35. The number of nitrogens with one attached hydrogen (secondary N) is 1. The maximum absolute atomic E-state index is 12.1. The van der Waals surface area contributed by atoms with Crippen molar-refractivity contribution in [1.82, 2.24) is 15.5 Å². The van der Waals surface area contributed by atoms with E-state index < -0.39 is 0 Å². The van der Waals surface area contributed by atoms with Crippen molar-refractivity contribution in [1.29, 1.82) is 0 Å². The third kappa shape index (κ3) is 5.17. The number of rotatable bonds is 8. The van der Waals surface area contributed by atoms with E-state index >= 15 is 0 Å². The summed E-state index contributed by atoms with van der Waals surface area (Å²) >= 11 is 0. The van der Waals surface area contributed by atoms with Gasteiger partial charge in [-0.05, 0) is 43.2 Å². The molecule has 1 heterocycles. The number of carbonyl (C=O) groups excluding carboxylic acids is 1. The highest BCUT2D eigenvalue weighted by Gasteiger charge is 2.11. The van der Waals surface area contributed by atoms with Crippen molar-refractivity contribution in [2.24, 2.45) is 0 Å². The largest absolute Gasteiger partial charge is 0.494 e. The number of benzene rings is 2. The molecule has 0 saturated carbocycles. The van der Waals surface area contributed by atoms with Crippen LogP contribution < -0.4 is 10.1 Å². The van der Waals surface area contributed by atoms with Crippen molar-refractivity contribution in [3.63, 3.8) is 0 Å². The Bertz CT molecular complexity index is 888. The van der Waals surface area contributed by atoms with Crippen molar-refractivity contribution in [3.05, 3.63) is 65.5 Å². The Kier molecular flexibility index (Phi) is 6.20. The van der Waals surface area contributed by atoms with Gasteiger partial charge in [-0.15, -0.1) is 10.2 Å². The van der Waals surface area contributed by atoms with Crippen molar-refractivity contribution in [3.8, 4) is 17.2 Å². The first-order valence-electron chi connectivity index (χ1n) is 9.02. The quantitative estimate of drug-likeness (QED) is 0.662. The maximum atomic E-state index is 12.1. The molecule has 1 N–H and O–H groups in total. The van der Waals surface area contributed by atoms with Gasteiger partial charge in [0.2, 0.25) is 17.7 Å². The standard InChI is InChI=1S/C21H23N3O3/c1-3-26-17-10-8-16(9-11-17)14-19(25)22-13-12-20-23-24-21(27-20)18-7-5-4-6-15(18)2/h4-11H,3,12-14H2,1-2H3,(H,22,25). The van der Waals surface area contributed by atoms with Gasteiger partial charge in [-0.25, -0.2) is 0 Å². The first kappa shape index (κ1) is 18.6. The van der Waals surface area contributed by atoms with Crippen molar-refractivity contribution in [2.45, 2.75) is 26.7 Å². The van der Waals surface area contributed by atoms with Gasteiger partial charge in [-0.1, -0.05) is 30.3 Å². The zero-order valence-electron chi connectivity index (χ0n) is 15.6. The van der Waals surface area contributed by atoms with E-state index in [-0.39, 0.29) is 5.91 Å². The van der Waals surface area contributed by atoms with Crippen LogP contribution in [0.15, 0.2) is 52.9 Å². The summed E-state index contributed by atoms with van der Waals surface area (Å²) in [7, 11) is 0. The van der Waals surface area contributed by atoms with E-state index in [1.165, 1.54) is 0 Å². The average Bonchev–Trinajstić information content (AvgIpc) is 3.12. The molecule has 3 rings (SSSR count). The summed E-state index contributed by atoms with van der Waals surface area (Å²) in [5.74, 6) is 1.78. The van der Waals surface area contributed by atoms with Crippen molar-refractivity contribution in [2.75, 3.05) is 13.2 Å². The average molecular weight is 365 g/mol. The molecule has 2 aromatic carbocycles. The highest BCUT2D eigenvalue weighted by atomic mass is 16.5. The molecule has 0 aliphatic rings. The Labute approximate surface area is 158 Å². The third-order valence-electron chi connectivity index (χ3n) is 4.10. The van der Waals surface area contributed by atoms with E-state index in [4.69, 9.17) is 9.15 Å². The highest BCUT2D eigenvalue weighted by molar-refractivity contribution is 5.78. The molecule has 0 fully saturated rings. The van der Waals surface area contributed by atoms with Crippen LogP contribution in [0.25, 0.3) is 11.5 Å². The van der Waals surface area contributed by atoms with Crippen LogP contribution >= 0.6 is 0 Å². The first-order valence-corrected chi connectivity index (χ1v) is 9.02. The van der Waals surface area contributed by atoms with Gasteiger partial charge < -0.3 is 14.5 Å². The number of nitrogens with zero attached hydrogens (tertiary/aromatic N) is 2. The molecular weight excluding hydrogens is 342 g/mol. The highest BCUT2D eigenvalue weighted by Crippen LogP contribution is 2.21. The molecule has 0 aliphatic heterocycles. The van der Waals surface area contributed by atoms with Crippen LogP contribution in [0.1, 0.15) is 23.9 Å². The van der Waals surface area contributed by atoms with Gasteiger partial charge in [0.05, 0.1) is 13.0 Å². The molecule has 27 heavy (non-hydrogen) atoms. The Morgan fingerprint density at radius 2 is 1.89 bits per heavy atom. The minimum absolute atomic E-state index is 0.0437. The fourth-order valence-corrected chi connectivity index (χ4v) is 2.70. The van der Waals surface area contributed by atoms with E-state index in [1.807, 2.05) is 62.4 Å². The molecule has 0 bridgehead atoms. The van der Waals surface area contributed by atoms with E-state index in [9.17, 15) is 4.79 Å². The summed E-state index contributed by atoms with van der Waals surface area (Å²) in [5, 5.41) is 11.0. The van der Waals surface area contributed by atoms with Gasteiger partial charge in [-0.3, -0.25) is 4.79 Å². The number of aryl methyl sites for hydroxylation is 1. The molecule has 1 aromatic heterocycles. The minimum Gasteiger partial charge on any atom is -0.494 e. The number of hydrogen-bond acceptors (Lipinski definition) is 5. The van der Waals surface area contributed by atoms with Gasteiger partial charge in [-0.2, -0.15) is 0 Å². The van der Waals surface area contributed by atoms with Crippen molar-refractivity contribution < 1.29 is 13.9 Å². The van der Waals surface area contributed by atoms with Gasteiger partial charge in [0, 0.05) is 18.5 Å². The Morgan fingerprint density at radius 3 is 2.63 bits per heavy atom. The molecule has 0 saturated heterocycles. The Morgan fingerprint density at radius 1 is 1.11 bits per heavy atom. The molecule has 6 heteroatoms. The molecule has 0 radical (unpaired) electrons. The number of ether oxygens (including phenoxy) is 1. The zero-order valence-corrected chi connectivity index (χ0v) is 15.6. The first-order chi connectivity index (χ1) is 13.2. The van der Waals surface area contributed by atoms with Crippen LogP contribution in [0.3, 0.4) is 0 Å². The van der Waals surface area contributed by atoms with Crippen LogP contribution in [0.2, 0.25) is 0 Å². The lowest BCUT2D eigenvalue weighted by Crippen LogP contribution is -2.27. The summed E-state index contributed by atoms with van der Waals surface area (Å²) in [6, 6.07) is 15.4. The molecular formula is C21H23N3O3. The molecule has 0 aliphatic carbocycles. The number of carbonyl (C=O) groups is 1. The van der Waals surface area contributed by atoms with Crippen LogP contribution in [0.4, 0.5) is 0 Å². The molecule has 0 atom stereocenters. The number of amides is 1. The van der Waals surface area contributed by atoms with Crippen LogP contribution in [-0.2, 0) is 17.6 Å². The second-order valence-electron chi connectivity index (χ2n) is 6.17. The molecule has 140 valence electrons. The normalized spacial score (nSPS) is 10.6. The second-order valence-corrected chi connectivity index (χ2v) is 6.17. The summed E-state index contributed by atoms with van der Waals surface area (Å²) in [6.45, 7) is 5.02. The van der Waals surface area contributed by atoms with E-state index in [1.54, 1.807) is 0 Å². The Balaban J connectivity index is 1.47. The van der Waals surface area contributed by atoms with Gasteiger partial charge in [0.25, 0.3) is 0 Å². The molecule has 0 spiro atoms. The smallest absolute Gasteiger partial charge is 0.247 e. The minimum atomic E-state index is -0.0437. The second kappa shape index (κ2) is 8.98. The van der Waals surface area contributed by atoms with Crippen LogP contribution in [0.5, 0.6) is 5.75 Å². The molecule has 0 unspecified atom stereocenters. The van der Waals surface area contributed by atoms with Gasteiger partial charge >= 0.3 is 0 Å². The number of aromatic nitrogens is 2. The summed E-state index contributed by atoms with van der Waals surface area (Å²) in [4.78, 5) is 12.1. The lowest BCUT2D eigenvalue weighted by Gasteiger charge is -2.06. The van der Waals surface area contributed by atoms with Gasteiger partial charge in [0.1, 0.15) is 5.75 Å².